The molecule has 5 heteroatoms. The lowest BCUT2D eigenvalue weighted by Crippen LogP contribution is -2.38. The third kappa shape index (κ3) is 4.00. The van der Waals surface area contributed by atoms with Gasteiger partial charge in [0.15, 0.2) is 0 Å². The molecule has 3 unspecified atom stereocenters. The minimum absolute atomic E-state index is 0. The van der Waals surface area contributed by atoms with Crippen molar-refractivity contribution in [2.75, 3.05) is 25.0 Å². The zero-order chi connectivity index (χ0) is 14.8. The van der Waals surface area contributed by atoms with Gasteiger partial charge in [0.2, 0.25) is 5.91 Å². The van der Waals surface area contributed by atoms with Gasteiger partial charge in [-0.3, -0.25) is 9.69 Å². The van der Waals surface area contributed by atoms with Crippen LogP contribution in [0.2, 0.25) is 0 Å². The molecule has 122 valence electrons. The van der Waals surface area contributed by atoms with E-state index in [0.29, 0.717) is 24.4 Å². The van der Waals surface area contributed by atoms with E-state index < -0.39 is 0 Å². The van der Waals surface area contributed by atoms with Crippen molar-refractivity contribution in [1.82, 2.24) is 4.90 Å². The number of halogens is 1. The predicted molar refractivity (Wildman–Crippen MR) is 92.3 cm³/mol. The number of likely N-dealkylation sites (tertiary alicyclic amines) is 1. The molecule has 0 aromatic heterocycles. The quantitative estimate of drug-likeness (QED) is 0.898. The SMILES string of the molecule is Cc1ccc(NC(=O)CN2CC3CCCC(N)C3C2)cc1.Cl. The molecular weight excluding hydrogens is 298 g/mol. The first-order chi connectivity index (χ1) is 10.1. The first-order valence-electron chi connectivity index (χ1n) is 7.96. The zero-order valence-corrected chi connectivity index (χ0v) is 13.9. The number of rotatable bonds is 3. The van der Waals surface area contributed by atoms with Crippen molar-refractivity contribution in [3.8, 4) is 0 Å². The third-order valence-corrected chi connectivity index (χ3v) is 4.93. The van der Waals surface area contributed by atoms with Crippen molar-refractivity contribution < 1.29 is 4.79 Å². The molecule has 2 fully saturated rings. The molecule has 3 N–H and O–H groups in total. The molecule has 0 spiro atoms. The number of fused-ring (bicyclic) bond motifs is 1. The van der Waals surface area contributed by atoms with Crippen LogP contribution >= 0.6 is 12.4 Å². The largest absolute Gasteiger partial charge is 0.327 e. The average Bonchev–Trinajstić information content (AvgIpc) is 2.85. The number of carbonyl (C=O) groups is 1. The summed E-state index contributed by atoms with van der Waals surface area (Å²) in [6.07, 6.45) is 3.66. The highest BCUT2D eigenvalue weighted by Crippen LogP contribution is 2.35. The van der Waals surface area contributed by atoms with Gasteiger partial charge in [-0.15, -0.1) is 12.4 Å². The third-order valence-electron chi connectivity index (χ3n) is 4.93. The molecule has 4 nitrogen and oxygen atoms in total. The molecule has 3 rings (SSSR count). The Labute approximate surface area is 138 Å². The minimum Gasteiger partial charge on any atom is -0.327 e. The Kier molecular flexibility index (Phi) is 5.84. The Morgan fingerprint density at radius 3 is 2.68 bits per heavy atom. The maximum Gasteiger partial charge on any atom is 0.238 e. The maximum atomic E-state index is 12.2. The molecule has 0 bridgehead atoms. The average molecular weight is 324 g/mol. The fourth-order valence-corrected chi connectivity index (χ4v) is 3.78. The summed E-state index contributed by atoms with van der Waals surface area (Å²) in [6, 6.07) is 8.26. The van der Waals surface area contributed by atoms with Crippen LogP contribution in [0.4, 0.5) is 5.69 Å². The van der Waals surface area contributed by atoms with Gasteiger partial charge in [-0.1, -0.05) is 24.1 Å². The lowest BCUT2D eigenvalue weighted by Gasteiger charge is -2.29. The van der Waals surface area contributed by atoms with Gasteiger partial charge < -0.3 is 11.1 Å². The van der Waals surface area contributed by atoms with E-state index >= 15 is 0 Å². The molecule has 1 aromatic carbocycles. The van der Waals surface area contributed by atoms with E-state index in [9.17, 15) is 4.79 Å². The number of nitrogens with zero attached hydrogens (tertiary/aromatic N) is 1. The molecular formula is C17H26ClN3O. The van der Waals surface area contributed by atoms with Gasteiger partial charge in [-0.05, 0) is 43.7 Å². The van der Waals surface area contributed by atoms with Gasteiger partial charge in [-0.2, -0.15) is 0 Å². The van der Waals surface area contributed by atoms with E-state index in [1.54, 1.807) is 0 Å². The number of anilines is 1. The Bertz CT molecular complexity index is 505. The molecule has 3 atom stereocenters. The number of nitrogens with two attached hydrogens (primary N) is 1. The van der Waals surface area contributed by atoms with Crippen molar-refractivity contribution in [3.05, 3.63) is 29.8 Å². The van der Waals surface area contributed by atoms with E-state index in [-0.39, 0.29) is 18.3 Å². The molecule has 1 aromatic rings. The zero-order valence-electron chi connectivity index (χ0n) is 13.1. The van der Waals surface area contributed by atoms with Crippen molar-refractivity contribution in [2.45, 2.75) is 32.2 Å². The number of hydrogen-bond donors (Lipinski definition) is 2. The van der Waals surface area contributed by atoms with Gasteiger partial charge in [0, 0.05) is 24.8 Å². The highest BCUT2D eigenvalue weighted by molar-refractivity contribution is 5.92. The van der Waals surface area contributed by atoms with E-state index in [4.69, 9.17) is 5.73 Å². The summed E-state index contributed by atoms with van der Waals surface area (Å²) in [6.45, 7) is 4.53. The summed E-state index contributed by atoms with van der Waals surface area (Å²) in [4.78, 5) is 14.4. The monoisotopic (exact) mass is 323 g/mol. The van der Waals surface area contributed by atoms with Crippen molar-refractivity contribution >= 4 is 24.0 Å². The van der Waals surface area contributed by atoms with E-state index in [0.717, 1.165) is 25.2 Å². The second-order valence-corrected chi connectivity index (χ2v) is 6.63. The van der Waals surface area contributed by atoms with Gasteiger partial charge >= 0.3 is 0 Å². The van der Waals surface area contributed by atoms with Crippen LogP contribution in [0.3, 0.4) is 0 Å². The highest BCUT2D eigenvalue weighted by atomic mass is 35.5. The molecule has 1 aliphatic carbocycles. The Morgan fingerprint density at radius 1 is 1.27 bits per heavy atom. The first-order valence-corrected chi connectivity index (χ1v) is 7.96. The summed E-state index contributed by atoms with van der Waals surface area (Å²) in [7, 11) is 0. The summed E-state index contributed by atoms with van der Waals surface area (Å²) in [5.74, 6) is 1.36. The van der Waals surface area contributed by atoms with Gasteiger partial charge in [0.05, 0.1) is 6.54 Å². The van der Waals surface area contributed by atoms with Crippen molar-refractivity contribution in [1.29, 1.82) is 0 Å². The van der Waals surface area contributed by atoms with Gasteiger partial charge in [0.25, 0.3) is 0 Å². The predicted octanol–water partition coefficient (Wildman–Crippen LogP) is 2.41. The molecule has 1 amide bonds. The number of aryl methyl sites for hydroxylation is 1. The Morgan fingerprint density at radius 2 is 2.00 bits per heavy atom. The topological polar surface area (TPSA) is 58.4 Å². The molecule has 1 saturated heterocycles. The second-order valence-electron chi connectivity index (χ2n) is 6.63. The normalized spacial score (nSPS) is 27.8. The molecule has 2 aliphatic rings. The number of amides is 1. The lowest BCUT2D eigenvalue weighted by atomic mass is 9.78. The van der Waals surface area contributed by atoms with Crippen LogP contribution in [-0.4, -0.2) is 36.5 Å². The molecule has 0 radical (unpaired) electrons. The number of carbonyl (C=O) groups excluding carboxylic acids is 1. The van der Waals surface area contributed by atoms with Crippen LogP contribution in [0, 0.1) is 18.8 Å². The van der Waals surface area contributed by atoms with Gasteiger partial charge in [0.1, 0.15) is 0 Å². The van der Waals surface area contributed by atoms with Crippen LogP contribution in [-0.2, 0) is 4.79 Å². The van der Waals surface area contributed by atoms with E-state index in [1.807, 2.05) is 31.2 Å². The number of benzene rings is 1. The van der Waals surface area contributed by atoms with E-state index in [2.05, 4.69) is 10.2 Å². The van der Waals surface area contributed by atoms with Crippen LogP contribution < -0.4 is 11.1 Å². The number of hydrogen-bond acceptors (Lipinski definition) is 3. The first kappa shape index (κ1) is 17.3. The standard InChI is InChI=1S/C17H25N3O.ClH/c1-12-5-7-14(8-6-12)19-17(21)11-20-9-13-3-2-4-16(18)15(13)10-20;/h5-8,13,15-16H,2-4,9-11,18H2,1H3,(H,19,21);1H. The van der Waals surface area contributed by atoms with Gasteiger partial charge in [-0.25, -0.2) is 0 Å². The molecule has 1 saturated carbocycles. The maximum absolute atomic E-state index is 12.2. The number of nitrogens with one attached hydrogen (secondary N) is 1. The fourth-order valence-electron chi connectivity index (χ4n) is 3.78. The lowest BCUT2D eigenvalue weighted by molar-refractivity contribution is -0.117. The van der Waals surface area contributed by atoms with Crippen molar-refractivity contribution in [3.63, 3.8) is 0 Å². The Balaban J connectivity index is 0.00000176. The van der Waals surface area contributed by atoms with E-state index in [1.165, 1.54) is 18.4 Å². The minimum atomic E-state index is 0. The molecule has 1 heterocycles. The van der Waals surface area contributed by atoms with Crippen LogP contribution in [0.25, 0.3) is 0 Å². The van der Waals surface area contributed by atoms with Crippen LogP contribution in [0.5, 0.6) is 0 Å². The van der Waals surface area contributed by atoms with Crippen LogP contribution in [0.1, 0.15) is 24.8 Å². The summed E-state index contributed by atoms with van der Waals surface area (Å²) >= 11 is 0. The summed E-state index contributed by atoms with van der Waals surface area (Å²) < 4.78 is 0. The fraction of sp³-hybridized carbons (Fsp3) is 0.588. The molecule has 22 heavy (non-hydrogen) atoms. The Hall–Kier alpha value is -1.10. The van der Waals surface area contributed by atoms with Crippen LogP contribution in [0.15, 0.2) is 24.3 Å². The van der Waals surface area contributed by atoms with Crippen molar-refractivity contribution in [2.24, 2.45) is 17.6 Å². The summed E-state index contributed by atoms with van der Waals surface area (Å²) in [5, 5.41) is 2.98. The smallest absolute Gasteiger partial charge is 0.238 e. The highest BCUT2D eigenvalue weighted by Gasteiger charge is 2.38. The molecule has 1 aliphatic heterocycles. The summed E-state index contributed by atoms with van der Waals surface area (Å²) in [5.41, 5.74) is 8.30. The second kappa shape index (κ2) is 7.44.